The first-order valence-electron chi connectivity index (χ1n) is 4.79. The summed E-state index contributed by atoms with van der Waals surface area (Å²) in [5.41, 5.74) is 1.86. The van der Waals surface area contributed by atoms with Crippen molar-refractivity contribution in [1.82, 2.24) is 9.97 Å². The van der Waals surface area contributed by atoms with E-state index in [0.717, 1.165) is 11.3 Å². The van der Waals surface area contributed by atoms with Crippen LogP contribution in [0.25, 0.3) is 11.4 Å². The van der Waals surface area contributed by atoms with Gasteiger partial charge in [0.05, 0.1) is 0 Å². The number of phenols is 1. The molecule has 0 aliphatic rings. The zero-order valence-corrected chi connectivity index (χ0v) is 8.71. The predicted octanol–water partition coefficient (Wildman–Crippen LogP) is 1.97. The van der Waals surface area contributed by atoms with Gasteiger partial charge in [0.1, 0.15) is 11.4 Å². The molecule has 1 N–H and O–H groups in total. The van der Waals surface area contributed by atoms with Gasteiger partial charge in [0.2, 0.25) is 0 Å². The summed E-state index contributed by atoms with van der Waals surface area (Å²) in [6.45, 7) is 1.80. The highest BCUT2D eigenvalue weighted by Gasteiger charge is 2.04. The molecular formula is C12H10N2O2. The van der Waals surface area contributed by atoms with E-state index in [1.54, 1.807) is 37.3 Å². The fourth-order valence-electron chi connectivity index (χ4n) is 1.39. The van der Waals surface area contributed by atoms with Crippen molar-refractivity contribution in [2.24, 2.45) is 0 Å². The third-order valence-corrected chi connectivity index (χ3v) is 2.12. The van der Waals surface area contributed by atoms with Crippen molar-refractivity contribution in [3.05, 3.63) is 41.7 Å². The van der Waals surface area contributed by atoms with Gasteiger partial charge in [0.15, 0.2) is 12.1 Å². The molecule has 1 heterocycles. The normalized spacial score (nSPS) is 10.1. The van der Waals surface area contributed by atoms with Crippen molar-refractivity contribution in [1.29, 1.82) is 0 Å². The molecule has 0 saturated carbocycles. The van der Waals surface area contributed by atoms with Crippen molar-refractivity contribution in [3.63, 3.8) is 0 Å². The minimum atomic E-state index is 0.187. The Labute approximate surface area is 92.6 Å². The first-order valence-corrected chi connectivity index (χ1v) is 4.79. The zero-order chi connectivity index (χ0) is 11.5. The predicted molar refractivity (Wildman–Crippen MR) is 59.3 cm³/mol. The third kappa shape index (κ3) is 2.06. The maximum atomic E-state index is 10.7. The average Bonchev–Trinajstić information content (AvgIpc) is 2.29. The number of aromatic nitrogens is 2. The summed E-state index contributed by atoms with van der Waals surface area (Å²) in [5.74, 6) is 0.675. The molecule has 0 saturated heterocycles. The van der Waals surface area contributed by atoms with Crippen LogP contribution in [-0.4, -0.2) is 21.4 Å². The number of aryl methyl sites for hydroxylation is 1. The molecule has 80 valence electrons. The van der Waals surface area contributed by atoms with Gasteiger partial charge in [0, 0.05) is 11.3 Å². The summed E-state index contributed by atoms with van der Waals surface area (Å²) in [7, 11) is 0. The Morgan fingerprint density at radius 2 is 1.88 bits per heavy atom. The molecule has 0 bridgehead atoms. The molecule has 0 aliphatic heterocycles. The number of hydrogen-bond acceptors (Lipinski definition) is 4. The van der Waals surface area contributed by atoms with E-state index in [1.807, 2.05) is 0 Å². The molecule has 0 atom stereocenters. The topological polar surface area (TPSA) is 63.1 Å². The van der Waals surface area contributed by atoms with E-state index in [4.69, 9.17) is 5.11 Å². The molecule has 4 nitrogen and oxygen atoms in total. The maximum absolute atomic E-state index is 10.7. The van der Waals surface area contributed by atoms with Crippen LogP contribution in [0, 0.1) is 6.92 Å². The largest absolute Gasteiger partial charge is 0.508 e. The summed E-state index contributed by atoms with van der Waals surface area (Å²) in [6, 6.07) is 8.15. The van der Waals surface area contributed by atoms with Crippen LogP contribution in [0.5, 0.6) is 5.75 Å². The second-order valence-electron chi connectivity index (χ2n) is 3.42. The van der Waals surface area contributed by atoms with Gasteiger partial charge in [-0.15, -0.1) is 0 Å². The smallest absolute Gasteiger partial charge is 0.168 e. The zero-order valence-electron chi connectivity index (χ0n) is 8.71. The maximum Gasteiger partial charge on any atom is 0.168 e. The Kier molecular flexibility index (Phi) is 2.64. The van der Waals surface area contributed by atoms with Crippen LogP contribution in [0.2, 0.25) is 0 Å². The number of carbonyl (C=O) groups is 1. The third-order valence-electron chi connectivity index (χ3n) is 2.12. The summed E-state index contributed by atoms with van der Waals surface area (Å²) in [4.78, 5) is 19.0. The van der Waals surface area contributed by atoms with Crippen molar-refractivity contribution in [2.75, 3.05) is 0 Å². The Hall–Kier alpha value is -2.23. The van der Waals surface area contributed by atoms with E-state index in [9.17, 15) is 4.79 Å². The molecule has 0 unspecified atom stereocenters. The molecule has 0 radical (unpaired) electrons. The van der Waals surface area contributed by atoms with E-state index in [1.165, 1.54) is 0 Å². The highest BCUT2D eigenvalue weighted by Crippen LogP contribution is 2.18. The van der Waals surface area contributed by atoms with E-state index in [2.05, 4.69) is 9.97 Å². The lowest BCUT2D eigenvalue weighted by Gasteiger charge is -2.02. The molecule has 0 amide bonds. The summed E-state index contributed by atoms with van der Waals surface area (Å²) in [6.07, 6.45) is 0.693. The molecule has 4 heteroatoms. The minimum absolute atomic E-state index is 0.187. The number of phenolic OH excluding ortho intramolecular Hbond substituents is 1. The van der Waals surface area contributed by atoms with Crippen molar-refractivity contribution in [3.8, 4) is 17.1 Å². The number of carbonyl (C=O) groups excluding carboxylic acids is 1. The lowest BCUT2D eigenvalue weighted by molar-refractivity contribution is 0.111. The first kappa shape index (κ1) is 10.3. The Balaban J connectivity index is 2.51. The number of rotatable bonds is 2. The first-order chi connectivity index (χ1) is 7.69. The highest BCUT2D eigenvalue weighted by atomic mass is 16.3. The lowest BCUT2D eigenvalue weighted by atomic mass is 10.2. The molecule has 2 rings (SSSR count). The van der Waals surface area contributed by atoms with Gasteiger partial charge in [-0.1, -0.05) is 0 Å². The van der Waals surface area contributed by atoms with Gasteiger partial charge < -0.3 is 5.11 Å². The molecule has 16 heavy (non-hydrogen) atoms. The van der Waals surface area contributed by atoms with Gasteiger partial charge in [-0.25, -0.2) is 9.97 Å². The fraction of sp³-hybridized carbons (Fsp3) is 0.0833. The summed E-state index contributed by atoms with van der Waals surface area (Å²) in [5, 5.41) is 9.16. The Morgan fingerprint density at radius 3 is 2.50 bits per heavy atom. The van der Waals surface area contributed by atoms with Gasteiger partial charge in [-0.3, -0.25) is 4.79 Å². The molecular weight excluding hydrogens is 204 g/mol. The van der Waals surface area contributed by atoms with E-state index < -0.39 is 0 Å². The van der Waals surface area contributed by atoms with Crippen molar-refractivity contribution >= 4 is 6.29 Å². The molecule has 2 aromatic rings. The lowest BCUT2D eigenvalue weighted by Crippen LogP contribution is -1.96. The quantitative estimate of drug-likeness (QED) is 0.776. The molecule has 0 spiro atoms. The standard InChI is InChI=1S/C12H10N2O2/c1-8-6-10(7-15)14-12(13-8)9-2-4-11(16)5-3-9/h2-7,16H,1H3. The second kappa shape index (κ2) is 4.10. The summed E-state index contributed by atoms with van der Waals surface area (Å²) < 4.78 is 0. The number of hydrogen-bond donors (Lipinski definition) is 1. The second-order valence-corrected chi connectivity index (χ2v) is 3.42. The minimum Gasteiger partial charge on any atom is -0.508 e. The Morgan fingerprint density at radius 1 is 1.19 bits per heavy atom. The number of aldehydes is 1. The van der Waals surface area contributed by atoms with E-state index in [0.29, 0.717) is 17.8 Å². The van der Waals surface area contributed by atoms with Crippen LogP contribution in [0.15, 0.2) is 30.3 Å². The van der Waals surface area contributed by atoms with Crippen LogP contribution in [0.4, 0.5) is 0 Å². The highest BCUT2D eigenvalue weighted by molar-refractivity contribution is 5.73. The monoisotopic (exact) mass is 214 g/mol. The van der Waals surface area contributed by atoms with Crippen LogP contribution >= 0.6 is 0 Å². The van der Waals surface area contributed by atoms with Crippen LogP contribution < -0.4 is 0 Å². The SMILES string of the molecule is Cc1cc(C=O)nc(-c2ccc(O)cc2)n1. The van der Waals surface area contributed by atoms with Crippen LogP contribution in [0.1, 0.15) is 16.2 Å². The van der Waals surface area contributed by atoms with E-state index >= 15 is 0 Å². The molecule has 1 aromatic carbocycles. The van der Waals surface area contributed by atoms with Crippen molar-refractivity contribution in [2.45, 2.75) is 6.92 Å². The van der Waals surface area contributed by atoms with Gasteiger partial charge in [-0.05, 0) is 37.3 Å². The Bertz CT molecular complexity index is 521. The van der Waals surface area contributed by atoms with Gasteiger partial charge in [-0.2, -0.15) is 0 Å². The van der Waals surface area contributed by atoms with Gasteiger partial charge >= 0.3 is 0 Å². The summed E-state index contributed by atoms with van der Waals surface area (Å²) >= 11 is 0. The average molecular weight is 214 g/mol. The number of aromatic hydroxyl groups is 1. The fourth-order valence-corrected chi connectivity index (χ4v) is 1.39. The molecule has 1 aromatic heterocycles. The molecule has 0 fully saturated rings. The van der Waals surface area contributed by atoms with Crippen LogP contribution in [-0.2, 0) is 0 Å². The number of benzene rings is 1. The van der Waals surface area contributed by atoms with E-state index in [-0.39, 0.29) is 5.75 Å². The molecule has 0 aliphatic carbocycles. The van der Waals surface area contributed by atoms with Gasteiger partial charge in [0.25, 0.3) is 0 Å². The van der Waals surface area contributed by atoms with Crippen LogP contribution in [0.3, 0.4) is 0 Å². The van der Waals surface area contributed by atoms with Crippen molar-refractivity contribution < 1.29 is 9.90 Å². The number of nitrogens with zero attached hydrogens (tertiary/aromatic N) is 2.